The van der Waals surface area contributed by atoms with Crippen LogP contribution in [0.2, 0.25) is 0 Å². The second-order valence-electron chi connectivity index (χ2n) is 4.80. The third-order valence-electron chi connectivity index (χ3n) is 3.36. The Morgan fingerprint density at radius 3 is 2.63 bits per heavy atom. The molecule has 1 amide bonds. The SMILES string of the molecule is O=C(CC1CCNCC1)Nc1ccccc1C(=O)O. The summed E-state index contributed by atoms with van der Waals surface area (Å²) in [4.78, 5) is 23.0. The highest BCUT2D eigenvalue weighted by Gasteiger charge is 2.18. The van der Waals surface area contributed by atoms with E-state index in [2.05, 4.69) is 10.6 Å². The Labute approximate surface area is 112 Å². The molecule has 0 aliphatic carbocycles. The topological polar surface area (TPSA) is 78.4 Å². The van der Waals surface area contributed by atoms with E-state index in [1.807, 2.05) is 0 Å². The number of benzene rings is 1. The minimum atomic E-state index is -1.03. The van der Waals surface area contributed by atoms with Gasteiger partial charge in [-0.2, -0.15) is 0 Å². The zero-order valence-corrected chi connectivity index (χ0v) is 10.7. The molecule has 102 valence electrons. The molecule has 0 spiro atoms. The van der Waals surface area contributed by atoms with Gasteiger partial charge in [0.2, 0.25) is 5.91 Å². The highest BCUT2D eigenvalue weighted by Crippen LogP contribution is 2.19. The number of aromatic carboxylic acids is 1. The predicted molar refractivity (Wildman–Crippen MR) is 72.2 cm³/mol. The third kappa shape index (κ3) is 3.79. The molecule has 0 saturated carbocycles. The molecule has 0 unspecified atom stereocenters. The number of carboxylic acids is 1. The first-order valence-corrected chi connectivity index (χ1v) is 6.49. The fraction of sp³-hybridized carbons (Fsp3) is 0.429. The van der Waals surface area contributed by atoms with Gasteiger partial charge in [0.15, 0.2) is 0 Å². The maximum atomic E-state index is 11.9. The normalized spacial score (nSPS) is 16.0. The van der Waals surface area contributed by atoms with Crippen LogP contribution in [0.25, 0.3) is 0 Å². The summed E-state index contributed by atoms with van der Waals surface area (Å²) in [5.41, 5.74) is 0.495. The molecule has 5 nitrogen and oxygen atoms in total. The van der Waals surface area contributed by atoms with E-state index < -0.39 is 5.97 Å². The van der Waals surface area contributed by atoms with Gasteiger partial charge in [-0.25, -0.2) is 4.79 Å². The smallest absolute Gasteiger partial charge is 0.337 e. The summed E-state index contributed by atoms with van der Waals surface area (Å²) < 4.78 is 0. The van der Waals surface area contributed by atoms with Crippen molar-refractivity contribution in [2.24, 2.45) is 5.92 Å². The number of piperidine rings is 1. The van der Waals surface area contributed by atoms with Gasteiger partial charge in [-0.15, -0.1) is 0 Å². The molecule has 1 heterocycles. The number of para-hydroxylation sites is 1. The number of anilines is 1. The number of amides is 1. The van der Waals surface area contributed by atoms with E-state index in [1.165, 1.54) is 6.07 Å². The van der Waals surface area contributed by atoms with Crippen molar-refractivity contribution in [1.29, 1.82) is 0 Å². The van der Waals surface area contributed by atoms with Crippen molar-refractivity contribution in [1.82, 2.24) is 5.32 Å². The summed E-state index contributed by atoms with van der Waals surface area (Å²) in [6.07, 6.45) is 2.44. The van der Waals surface area contributed by atoms with Gasteiger partial charge in [-0.3, -0.25) is 4.79 Å². The van der Waals surface area contributed by atoms with E-state index in [-0.39, 0.29) is 11.5 Å². The van der Waals surface area contributed by atoms with Gasteiger partial charge in [0.05, 0.1) is 11.3 Å². The average Bonchev–Trinajstić information content (AvgIpc) is 2.40. The largest absolute Gasteiger partial charge is 0.478 e. The molecule has 3 N–H and O–H groups in total. The van der Waals surface area contributed by atoms with Crippen LogP contribution in [0.1, 0.15) is 29.6 Å². The number of nitrogens with one attached hydrogen (secondary N) is 2. The summed E-state index contributed by atoms with van der Waals surface area (Å²) in [6, 6.07) is 6.46. The summed E-state index contributed by atoms with van der Waals surface area (Å²) in [5.74, 6) is -0.753. The fourth-order valence-electron chi connectivity index (χ4n) is 2.33. The van der Waals surface area contributed by atoms with E-state index in [1.54, 1.807) is 18.2 Å². The molecule has 2 rings (SSSR count). The predicted octanol–water partition coefficient (Wildman–Crippen LogP) is 1.71. The Kier molecular flexibility index (Phi) is 4.52. The van der Waals surface area contributed by atoms with Gasteiger partial charge < -0.3 is 15.7 Å². The van der Waals surface area contributed by atoms with Crippen molar-refractivity contribution in [2.75, 3.05) is 18.4 Å². The molecule has 1 aliphatic rings. The number of hydrogen-bond donors (Lipinski definition) is 3. The first-order valence-electron chi connectivity index (χ1n) is 6.49. The maximum Gasteiger partial charge on any atom is 0.337 e. The van der Waals surface area contributed by atoms with E-state index in [9.17, 15) is 9.59 Å². The molecule has 5 heteroatoms. The lowest BCUT2D eigenvalue weighted by Gasteiger charge is -2.22. The quantitative estimate of drug-likeness (QED) is 0.772. The second kappa shape index (κ2) is 6.33. The van der Waals surface area contributed by atoms with Gasteiger partial charge in [0, 0.05) is 6.42 Å². The Bertz CT molecular complexity index is 468. The molecule has 0 bridgehead atoms. The molecule has 19 heavy (non-hydrogen) atoms. The van der Waals surface area contributed by atoms with E-state index in [0.29, 0.717) is 18.0 Å². The van der Waals surface area contributed by atoms with E-state index in [4.69, 9.17) is 5.11 Å². The molecule has 1 fully saturated rings. The lowest BCUT2D eigenvalue weighted by Crippen LogP contribution is -2.30. The van der Waals surface area contributed by atoms with Gasteiger partial charge in [0.25, 0.3) is 0 Å². The Morgan fingerprint density at radius 2 is 1.95 bits per heavy atom. The van der Waals surface area contributed by atoms with Crippen molar-refractivity contribution in [2.45, 2.75) is 19.3 Å². The monoisotopic (exact) mass is 262 g/mol. The number of rotatable bonds is 4. The van der Waals surface area contributed by atoms with Gasteiger partial charge in [0.1, 0.15) is 0 Å². The summed E-state index contributed by atoms with van der Waals surface area (Å²) >= 11 is 0. The Morgan fingerprint density at radius 1 is 1.26 bits per heavy atom. The lowest BCUT2D eigenvalue weighted by atomic mass is 9.94. The van der Waals surface area contributed by atoms with E-state index in [0.717, 1.165) is 25.9 Å². The minimum absolute atomic E-state index is 0.111. The van der Waals surface area contributed by atoms with Crippen LogP contribution in [0.15, 0.2) is 24.3 Å². The molecule has 1 aliphatic heterocycles. The van der Waals surface area contributed by atoms with Crippen LogP contribution in [0.4, 0.5) is 5.69 Å². The van der Waals surface area contributed by atoms with Crippen molar-refractivity contribution in [3.63, 3.8) is 0 Å². The molecule has 0 aromatic heterocycles. The van der Waals surface area contributed by atoms with Crippen molar-refractivity contribution in [3.05, 3.63) is 29.8 Å². The first-order chi connectivity index (χ1) is 9.16. The van der Waals surface area contributed by atoms with E-state index >= 15 is 0 Å². The standard InChI is InChI=1S/C14H18N2O3/c17-13(9-10-5-7-15-8-6-10)16-12-4-2-1-3-11(12)14(18)19/h1-4,10,15H,5-9H2,(H,16,17)(H,18,19). The van der Waals surface area contributed by atoms with Crippen LogP contribution in [-0.2, 0) is 4.79 Å². The minimum Gasteiger partial charge on any atom is -0.478 e. The van der Waals surface area contributed by atoms with Crippen LogP contribution in [-0.4, -0.2) is 30.1 Å². The summed E-state index contributed by atoms with van der Waals surface area (Å²) in [5, 5.41) is 15.0. The second-order valence-corrected chi connectivity index (χ2v) is 4.80. The number of hydrogen-bond acceptors (Lipinski definition) is 3. The number of carbonyl (C=O) groups excluding carboxylic acids is 1. The van der Waals surface area contributed by atoms with Crippen molar-refractivity contribution >= 4 is 17.6 Å². The molecule has 0 atom stereocenters. The molecule has 1 saturated heterocycles. The Balaban J connectivity index is 1.96. The van der Waals surface area contributed by atoms with Crippen LogP contribution in [0.5, 0.6) is 0 Å². The summed E-state index contributed by atoms with van der Waals surface area (Å²) in [6.45, 7) is 1.90. The average molecular weight is 262 g/mol. The number of carboxylic acid groups (broad SMARTS) is 1. The molecular formula is C14H18N2O3. The zero-order valence-electron chi connectivity index (χ0n) is 10.7. The molecular weight excluding hydrogens is 244 g/mol. The van der Waals surface area contributed by atoms with Crippen LogP contribution in [0, 0.1) is 5.92 Å². The molecule has 1 aromatic carbocycles. The molecule has 1 aromatic rings. The van der Waals surface area contributed by atoms with Gasteiger partial charge in [-0.1, -0.05) is 12.1 Å². The molecule has 0 radical (unpaired) electrons. The zero-order chi connectivity index (χ0) is 13.7. The summed E-state index contributed by atoms with van der Waals surface area (Å²) in [7, 11) is 0. The highest BCUT2D eigenvalue weighted by molar-refractivity contribution is 6.00. The maximum absolute atomic E-state index is 11.9. The number of carbonyl (C=O) groups is 2. The van der Waals surface area contributed by atoms with Crippen LogP contribution in [0.3, 0.4) is 0 Å². The van der Waals surface area contributed by atoms with Gasteiger partial charge >= 0.3 is 5.97 Å². The van der Waals surface area contributed by atoms with Crippen LogP contribution >= 0.6 is 0 Å². The van der Waals surface area contributed by atoms with Gasteiger partial charge in [-0.05, 0) is 44.0 Å². The Hall–Kier alpha value is -1.88. The van der Waals surface area contributed by atoms with Crippen molar-refractivity contribution in [3.8, 4) is 0 Å². The highest BCUT2D eigenvalue weighted by atomic mass is 16.4. The fourth-order valence-corrected chi connectivity index (χ4v) is 2.33. The first kappa shape index (κ1) is 13.5. The lowest BCUT2D eigenvalue weighted by molar-refractivity contribution is -0.117. The van der Waals surface area contributed by atoms with Crippen LogP contribution < -0.4 is 10.6 Å². The third-order valence-corrected chi connectivity index (χ3v) is 3.36. The van der Waals surface area contributed by atoms with Crippen molar-refractivity contribution < 1.29 is 14.7 Å².